The average molecular weight is 407 g/mol. The van der Waals surface area contributed by atoms with Gasteiger partial charge in [0.25, 0.3) is 0 Å². The molecule has 1 saturated heterocycles. The third-order valence-electron chi connectivity index (χ3n) is 4.39. The largest absolute Gasteiger partial charge is 0.467 e. The lowest BCUT2D eigenvalue weighted by molar-refractivity contribution is 0.171. The van der Waals surface area contributed by atoms with E-state index in [1.165, 1.54) is 4.31 Å². The molecule has 1 N–H and O–H groups in total. The maximum Gasteiger partial charge on any atom is 0.317 e. The lowest BCUT2D eigenvalue weighted by atomic mass is 10.3. The number of nitrogens with one attached hydrogen (secondary N) is 1. The highest BCUT2D eigenvalue weighted by atomic mass is 32.2. The third-order valence-corrected chi connectivity index (χ3v) is 6.86. The van der Waals surface area contributed by atoms with Crippen LogP contribution in [0.15, 0.2) is 45.9 Å². The number of sulfonamides is 1. The number of hydrogen-bond donors (Lipinski definition) is 1. The van der Waals surface area contributed by atoms with Gasteiger partial charge in [0.1, 0.15) is 21.7 Å². The number of carbonyl (C=O) groups excluding carboxylic acids is 1. The molecule has 1 aromatic carbocycles. The van der Waals surface area contributed by atoms with Crippen molar-refractivity contribution >= 4 is 38.8 Å². The molecule has 27 heavy (non-hydrogen) atoms. The van der Waals surface area contributed by atoms with Gasteiger partial charge < -0.3 is 14.6 Å². The predicted molar refractivity (Wildman–Crippen MR) is 98.7 cm³/mol. The molecule has 0 aliphatic carbocycles. The van der Waals surface area contributed by atoms with Gasteiger partial charge in [-0.05, 0) is 24.3 Å². The fourth-order valence-corrected chi connectivity index (χ4v) is 5.12. The van der Waals surface area contributed by atoms with Crippen molar-refractivity contribution in [1.82, 2.24) is 23.3 Å². The normalized spacial score (nSPS) is 15.9. The summed E-state index contributed by atoms with van der Waals surface area (Å²) < 4.78 is 40.7. The maximum absolute atomic E-state index is 13.0. The van der Waals surface area contributed by atoms with E-state index >= 15 is 0 Å². The summed E-state index contributed by atoms with van der Waals surface area (Å²) in [5, 5.41) is 2.77. The van der Waals surface area contributed by atoms with Crippen molar-refractivity contribution in [2.24, 2.45) is 0 Å². The Hall–Kier alpha value is -2.50. The third kappa shape index (κ3) is 3.53. The van der Waals surface area contributed by atoms with Gasteiger partial charge in [0.15, 0.2) is 0 Å². The molecule has 0 unspecified atom stereocenters. The molecule has 0 saturated carbocycles. The molecule has 1 aliphatic heterocycles. The van der Waals surface area contributed by atoms with E-state index in [4.69, 9.17) is 4.42 Å². The Morgan fingerprint density at radius 3 is 2.70 bits per heavy atom. The zero-order valence-corrected chi connectivity index (χ0v) is 15.9. The SMILES string of the molecule is O=C(NCc1ccco1)N1CCN(S(=O)(=O)c2cccc3nsnc23)CC1. The first-order valence-corrected chi connectivity index (χ1v) is 10.5. The number of amides is 2. The molecule has 0 radical (unpaired) electrons. The Bertz CT molecular complexity index is 1040. The molecule has 2 aromatic heterocycles. The van der Waals surface area contributed by atoms with Crippen LogP contribution in [0.3, 0.4) is 0 Å². The summed E-state index contributed by atoms with van der Waals surface area (Å²) in [6, 6.07) is 8.23. The summed E-state index contributed by atoms with van der Waals surface area (Å²) in [5.74, 6) is 0.662. The topological polar surface area (TPSA) is 109 Å². The average Bonchev–Trinajstić information content (AvgIpc) is 3.37. The van der Waals surface area contributed by atoms with Crippen LogP contribution in [0.4, 0.5) is 4.79 Å². The highest BCUT2D eigenvalue weighted by molar-refractivity contribution is 7.89. The standard InChI is InChI=1S/C16H17N5O4S2/c22-16(17-11-12-3-2-10-25-12)20-6-8-21(9-7-20)27(23,24)14-5-1-4-13-15(14)19-26-18-13/h1-5,10H,6-9,11H2,(H,17,22). The van der Waals surface area contributed by atoms with Crippen molar-refractivity contribution in [3.8, 4) is 0 Å². The van der Waals surface area contributed by atoms with Crippen molar-refractivity contribution in [1.29, 1.82) is 0 Å². The van der Waals surface area contributed by atoms with E-state index in [-0.39, 0.29) is 24.0 Å². The molecule has 4 rings (SSSR count). The van der Waals surface area contributed by atoms with Gasteiger partial charge in [-0.1, -0.05) is 6.07 Å². The summed E-state index contributed by atoms with van der Waals surface area (Å²) in [7, 11) is -3.69. The summed E-state index contributed by atoms with van der Waals surface area (Å²) in [6.07, 6.45) is 1.55. The number of carbonyl (C=O) groups is 1. The van der Waals surface area contributed by atoms with Gasteiger partial charge in [0, 0.05) is 26.2 Å². The van der Waals surface area contributed by atoms with Gasteiger partial charge in [-0.15, -0.1) is 0 Å². The lowest BCUT2D eigenvalue weighted by Crippen LogP contribution is -2.52. The van der Waals surface area contributed by atoms with Crippen LogP contribution in [-0.4, -0.2) is 58.6 Å². The van der Waals surface area contributed by atoms with Crippen LogP contribution >= 0.6 is 11.7 Å². The number of aromatic nitrogens is 2. The highest BCUT2D eigenvalue weighted by Crippen LogP contribution is 2.25. The Morgan fingerprint density at radius 1 is 1.15 bits per heavy atom. The highest BCUT2D eigenvalue weighted by Gasteiger charge is 2.31. The maximum atomic E-state index is 13.0. The minimum atomic E-state index is -3.69. The summed E-state index contributed by atoms with van der Waals surface area (Å²) >= 11 is 0.987. The molecule has 2 amide bonds. The van der Waals surface area contributed by atoms with E-state index < -0.39 is 10.0 Å². The van der Waals surface area contributed by atoms with Crippen LogP contribution in [0.5, 0.6) is 0 Å². The van der Waals surface area contributed by atoms with Crippen molar-refractivity contribution in [2.75, 3.05) is 26.2 Å². The number of furan rings is 1. The quantitative estimate of drug-likeness (QED) is 0.702. The molecule has 142 valence electrons. The molecule has 0 spiro atoms. The van der Waals surface area contributed by atoms with E-state index in [1.54, 1.807) is 41.5 Å². The molecule has 1 fully saturated rings. The predicted octanol–water partition coefficient (Wildman–Crippen LogP) is 1.50. The molecular formula is C16H17N5O4S2. The van der Waals surface area contributed by atoms with Gasteiger partial charge in [0.2, 0.25) is 10.0 Å². The molecule has 0 atom stereocenters. The second-order valence-corrected chi connectivity index (χ2v) is 8.45. The minimum absolute atomic E-state index is 0.157. The first-order chi connectivity index (χ1) is 13.1. The molecule has 1 aliphatic rings. The molecule has 3 heterocycles. The summed E-state index contributed by atoms with van der Waals surface area (Å²) in [5.41, 5.74) is 0.957. The van der Waals surface area contributed by atoms with Crippen LogP contribution in [-0.2, 0) is 16.6 Å². The summed E-state index contributed by atoms with van der Waals surface area (Å²) in [4.78, 5) is 14.0. The molecule has 9 nitrogen and oxygen atoms in total. The number of nitrogens with zero attached hydrogens (tertiary/aromatic N) is 4. The fourth-order valence-electron chi connectivity index (χ4n) is 2.95. The van der Waals surface area contributed by atoms with Gasteiger partial charge >= 0.3 is 6.03 Å². The van der Waals surface area contributed by atoms with Gasteiger partial charge in [0.05, 0.1) is 24.5 Å². The molecular weight excluding hydrogens is 390 g/mol. The van der Waals surface area contributed by atoms with Crippen molar-refractivity contribution < 1.29 is 17.6 Å². The Balaban J connectivity index is 1.41. The molecule has 0 bridgehead atoms. The number of hydrogen-bond acceptors (Lipinski definition) is 7. The first kappa shape index (κ1) is 17.9. The number of urea groups is 1. The summed E-state index contributed by atoms with van der Waals surface area (Å²) in [6.45, 7) is 1.38. The number of rotatable bonds is 4. The first-order valence-electron chi connectivity index (χ1n) is 8.32. The van der Waals surface area contributed by atoms with Crippen LogP contribution < -0.4 is 5.32 Å². The zero-order chi connectivity index (χ0) is 18.9. The van der Waals surface area contributed by atoms with Crippen molar-refractivity contribution in [2.45, 2.75) is 11.4 Å². The Labute approximate surface area is 160 Å². The van der Waals surface area contributed by atoms with E-state index in [9.17, 15) is 13.2 Å². The van der Waals surface area contributed by atoms with E-state index in [0.29, 0.717) is 36.4 Å². The minimum Gasteiger partial charge on any atom is -0.467 e. The van der Waals surface area contributed by atoms with E-state index in [2.05, 4.69) is 14.1 Å². The number of fused-ring (bicyclic) bond motifs is 1. The molecule has 11 heteroatoms. The van der Waals surface area contributed by atoms with Crippen molar-refractivity contribution in [3.63, 3.8) is 0 Å². The zero-order valence-electron chi connectivity index (χ0n) is 14.2. The Kier molecular flexibility index (Phi) is 4.81. The van der Waals surface area contributed by atoms with Gasteiger partial charge in [-0.25, -0.2) is 13.2 Å². The van der Waals surface area contributed by atoms with E-state index in [1.807, 2.05) is 0 Å². The molecule has 3 aromatic rings. The van der Waals surface area contributed by atoms with E-state index in [0.717, 1.165) is 11.7 Å². The number of piperazine rings is 1. The number of benzene rings is 1. The van der Waals surface area contributed by atoms with Crippen LogP contribution in [0.2, 0.25) is 0 Å². The smallest absolute Gasteiger partial charge is 0.317 e. The fraction of sp³-hybridized carbons (Fsp3) is 0.312. The van der Waals surface area contributed by atoms with Crippen LogP contribution in [0.1, 0.15) is 5.76 Å². The monoisotopic (exact) mass is 407 g/mol. The van der Waals surface area contributed by atoms with Crippen LogP contribution in [0, 0.1) is 0 Å². The van der Waals surface area contributed by atoms with Gasteiger partial charge in [-0.3, -0.25) is 0 Å². The van der Waals surface area contributed by atoms with Crippen molar-refractivity contribution in [3.05, 3.63) is 42.4 Å². The van der Waals surface area contributed by atoms with Gasteiger partial charge in [-0.2, -0.15) is 13.1 Å². The lowest BCUT2D eigenvalue weighted by Gasteiger charge is -2.33. The second-order valence-electron chi connectivity index (χ2n) is 6.02. The Morgan fingerprint density at radius 2 is 1.96 bits per heavy atom. The van der Waals surface area contributed by atoms with Crippen LogP contribution in [0.25, 0.3) is 11.0 Å². The second kappa shape index (κ2) is 7.25.